The van der Waals surface area contributed by atoms with Crippen LogP contribution in [-0.4, -0.2) is 30.2 Å². The third-order valence-electron chi connectivity index (χ3n) is 7.62. The van der Waals surface area contributed by atoms with Gasteiger partial charge in [-0.15, -0.1) is 6.58 Å². The van der Waals surface area contributed by atoms with Crippen LogP contribution in [0.4, 0.5) is 4.79 Å². The van der Waals surface area contributed by atoms with E-state index in [0.717, 1.165) is 40.2 Å². The number of nitrogens with zero attached hydrogens (tertiary/aromatic N) is 1. The van der Waals surface area contributed by atoms with Gasteiger partial charge in [0, 0.05) is 22.2 Å². The molecule has 2 aliphatic rings. The molecule has 0 aromatic heterocycles. The first kappa shape index (κ1) is 28.1. The Morgan fingerprint density at radius 1 is 1.05 bits per heavy atom. The van der Waals surface area contributed by atoms with Crippen LogP contribution in [0.5, 0.6) is 17.2 Å². The van der Waals surface area contributed by atoms with Crippen LogP contribution in [0, 0.1) is 3.57 Å². The van der Waals surface area contributed by atoms with Crippen LogP contribution < -0.4 is 14.2 Å². The summed E-state index contributed by atoms with van der Waals surface area (Å²) >= 11 is 2.30. The monoisotopic (exact) mass is 651 g/mol. The molecule has 0 aliphatic carbocycles. The Hall–Kier alpha value is -3.46. The maximum Gasteiger partial charge on any atom is 0.410 e. The van der Waals surface area contributed by atoms with E-state index in [9.17, 15) is 4.79 Å². The lowest BCUT2D eigenvalue weighted by Gasteiger charge is -2.30. The van der Waals surface area contributed by atoms with Crippen molar-refractivity contribution >= 4 is 28.7 Å². The zero-order valence-electron chi connectivity index (χ0n) is 22.7. The topological polar surface area (TPSA) is 57.2 Å². The first-order valence-electron chi connectivity index (χ1n) is 13.6. The van der Waals surface area contributed by atoms with E-state index in [1.165, 1.54) is 3.57 Å². The Bertz CT molecular complexity index is 1370. The summed E-state index contributed by atoms with van der Waals surface area (Å²) < 4.78 is 25.4. The van der Waals surface area contributed by atoms with Gasteiger partial charge in [0.2, 0.25) is 0 Å². The number of amides is 1. The van der Waals surface area contributed by atoms with Gasteiger partial charge in [-0.2, -0.15) is 0 Å². The van der Waals surface area contributed by atoms with Crippen molar-refractivity contribution in [1.29, 1.82) is 0 Å². The van der Waals surface area contributed by atoms with Crippen LogP contribution in [-0.2, 0) is 29.9 Å². The number of carbonyl (C=O) groups is 1. The lowest BCUT2D eigenvalue weighted by Crippen LogP contribution is -2.38. The van der Waals surface area contributed by atoms with Crippen LogP contribution in [0.1, 0.15) is 42.0 Å². The van der Waals surface area contributed by atoms with E-state index in [4.69, 9.17) is 18.9 Å². The predicted molar refractivity (Wildman–Crippen MR) is 164 cm³/mol. The summed E-state index contributed by atoms with van der Waals surface area (Å²) in [5, 5.41) is 0. The molecule has 0 saturated carbocycles. The fraction of sp³-hybridized carbons (Fsp3) is 0.303. The molecule has 7 heteroatoms. The third kappa shape index (κ3) is 5.70. The van der Waals surface area contributed by atoms with Gasteiger partial charge >= 0.3 is 6.09 Å². The minimum absolute atomic E-state index is 0.0860. The molecule has 0 fully saturated rings. The fourth-order valence-electron chi connectivity index (χ4n) is 5.53. The van der Waals surface area contributed by atoms with Gasteiger partial charge in [0.15, 0.2) is 11.5 Å². The van der Waals surface area contributed by atoms with Crippen molar-refractivity contribution in [2.75, 3.05) is 13.2 Å². The fourth-order valence-corrected chi connectivity index (χ4v) is 5.89. The Kier molecular flexibility index (Phi) is 8.69. The average Bonchev–Trinajstić information content (AvgIpc) is 3.22. The van der Waals surface area contributed by atoms with Crippen molar-refractivity contribution in [3.05, 3.63) is 112 Å². The van der Waals surface area contributed by atoms with Crippen LogP contribution in [0.25, 0.3) is 0 Å². The zero-order valence-corrected chi connectivity index (χ0v) is 24.9. The molecular weight excluding hydrogens is 617 g/mol. The SMILES string of the molecule is C=CCOC(=O)N1CC[C@]2(C=C)c3c(ccc(OCc4ccc(OCc5ccc(I)cc5)cc4)c3O[C@H]2CC)C1. The molecule has 2 heterocycles. The van der Waals surface area contributed by atoms with Gasteiger partial charge in [-0.25, -0.2) is 4.79 Å². The number of halogens is 1. The Balaban J connectivity index is 1.31. The van der Waals surface area contributed by atoms with Crippen molar-refractivity contribution in [1.82, 2.24) is 4.90 Å². The molecule has 0 bridgehead atoms. The normalized spacial score (nSPS) is 19.1. The summed E-state index contributed by atoms with van der Waals surface area (Å²) in [5.41, 5.74) is 3.86. The summed E-state index contributed by atoms with van der Waals surface area (Å²) in [6.45, 7) is 12.1. The molecule has 1 amide bonds. The lowest BCUT2D eigenvalue weighted by atomic mass is 9.72. The molecule has 0 unspecified atom stereocenters. The van der Waals surface area contributed by atoms with E-state index >= 15 is 0 Å². The standard InChI is InChI=1S/C33H34INO5/c1-4-19-37-32(36)35-18-17-33(6-3)29(5-2)40-31-28(16-11-25(20-35)30(31)33)39-22-24-9-14-27(15-10-24)38-21-23-7-12-26(34)13-8-23/h4,6-16,29H,1,3,5,17-22H2,2H3/t29-,33-/m0/s1. The van der Waals surface area contributed by atoms with E-state index in [1.54, 1.807) is 11.0 Å². The van der Waals surface area contributed by atoms with E-state index < -0.39 is 5.41 Å². The van der Waals surface area contributed by atoms with Gasteiger partial charge in [0.05, 0.1) is 5.41 Å². The highest BCUT2D eigenvalue weighted by atomic mass is 127. The average molecular weight is 652 g/mol. The van der Waals surface area contributed by atoms with Crippen molar-refractivity contribution < 1.29 is 23.7 Å². The highest BCUT2D eigenvalue weighted by Crippen LogP contribution is 2.54. The molecular formula is C33H34INO5. The molecule has 208 valence electrons. The van der Waals surface area contributed by atoms with Gasteiger partial charge in [-0.3, -0.25) is 0 Å². The molecule has 3 aromatic rings. The number of rotatable bonds is 10. The molecule has 0 N–H and O–H groups in total. The largest absolute Gasteiger partial charge is 0.489 e. The second-order valence-corrected chi connectivity index (χ2v) is 11.3. The summed E-state index contributed by atoms with van der Waals surface area (Å²) in [6.07, 6.45) is 4.66. The van der Waals surface area contributed by atoms with Gasteiger partial charge in [0.25, 0.3) is 0 Å². The quantitative estimate of drug-likeness (QED) is 0.167. The number of carbonyl (C=O) groups excluding carboxylic acids is 1. The molecule has 40 heavy (non-hydrogen) atoms. The first-order chi connectivity index (χ1) is 19.5. The first-order valence-corrected chi connectivity index (χ1v) is 14.6. The van der Waals surface area contributed by atoms with E-state index in [0.29, 0.717) is 38.5 Å². The number of hydrogen-bond donors (Lipinski definition) is 0. The van der Waals surface area contributed by atoms with Gasteiger partial charge in [0.1, 0.15) is 31.7 Å². The maximum absolute atomic E-state index is 12.7. The Morgan fingerprint density at radius 3 is 2.42 bits per heavy atom. The van der Waals surface area contributed by atoms with Gasteiger partial charge < -0.3 is 23.8 Å². The van der Waals surface area contributed by atoms with Crippen LogP contribution in [0.2, 0.25) is 0 Å². The third-order valence-corrected chi connectivity index (χ3v) is 8.34. The smallest absolute Gasteiger partial charge is 0.410 e. The Labute approximate surface area is 249 Å². The van der Waals surface area contributed by atoms with Crippen molar-refractivity contribution in [3.63, 3.8) is 0 Å². The van der Waals surface area contributed by atoms with Crippen molar-refractivity contribution in [3.8, 4) is 17.2 Å². The second-order valence-electron chi connectivity index (χ2n) is 10.1. The number of benzene rings is 3. The van der Waals surface area contributed by atoms with Crippen LogP contribution >= 0.6 is 22.6 Å². The van der Waals surface area contributed by atoms with E-state index in [-0.39, 0.29) is 18.8 Å². The van der Waals surface area contributed by atoms with Crippen molar-refractivity contribution in [2.45, 2.75) is 51.0 Å². The summed E-state index contributed by atoms with van der Waals surface area (Å²) in [6, 6.07) is 20.2. The van der Waals surface area contributed by atoms with E-state index in [2.05, 4.69) is 66.9 Å². The molecule has 2 aliphatic heterocycles. The summed E-state index contributed by atoms with van der Waals surface area (Å²) in [5.74, 6) is 2.26. The highest BCUT2D eigenvalue weighted by molar-refractivity contribution is 14.1. The second kappa shape index (κ2) is 12.4. The highest BCUT2D eigenvalue weighted by Gasteiger charge is 2.50. The zero-order chi connectivity index (χ0) is 28.1. The molecule has 5 rings (SSSR count). The molecule has 0 spiro atoms. The maximum atomic E-state index is 12.7. The molecule has 3 aromatic carbocycles. The van der Waals surface area contributed by atoms with Crippen LogP contribution in [0.15, 0.2) is 86.0 Å². The Morgan fingerprint density at radius 2 is 1.75 bits per heavy atom. The summed E-state index contributed by atoms with van der Waals surface area (Å²) in [7, 11) is 0. The molecule has 0 saturated heterocycles. The molecule has 2 atom stereocenters. The van der Waals surface area contributed by atoms with Crippen LogP contribution in [0.3, 0.4) is 0 Å². The summed E-state index contributed by atoms with van der Waals surface area (Å²) in [4.78, 5) is 14.5. The van der Waals surface area contributed by atoms with E-state index in [1.807, 2.05) is 42.5 Å². The van der Waals surface area contributed by atoms with Gasteiger partial charge in [-0.1, -0.05) is 56.0 Å². The number of ether oxygens (including phenoxy) is 4. The minimum atomic E-state index is -0.401. The number of hydrogen-bond acceptors (Lipinski definition) is 5. The molecule has 0 radical (unpaired) electrons. The van der Waals surface area contributed by atoms with Gasteiger partial charge in [-0.05, 0) is 82.5 Å². The van der Waals surface area contributed by atoms with Crippen molar-refractivity contribution in [2.24, 2.45) is 0 Å². The molecule has 6 nitrogen and oxygen atoms in total. The lowest BCUT2D eigenvalue weighted by molar-refractivity contribution is 0.103. The predicted octanol–water partition coefficient (Wildman–Crippen LogP) is 7.57. The minimum Gasteiger partial charge on any atom is -0.489 e.